The molecular weight excluding hydrogens is 310 g/mol. The number of thiazole rings is 1. The van der Waals surface area contributed by atoms with Crippen molar-refractivity contribution < 1.29 is 9.53 Å². The van der Waals surface area contributed by atoms with Gasteiger partial charge in [-0.2, -0.15) is 0 Å². The second kappa shape index (κ2) is 7.00. The minimum absolute atomic E-state index is 0.00699. The summed E-state index contributed by atoms with van der Waals surface area (Å²) in [5.41, 5.74) is 1.16. The first kappa shape index (κ1) is 15.8. The lowest BCUT2D eigenvalue weighted by molar-refractivity contribution is 0.229. The van der Waals surface area contributed by atoms with E-state index in [-0.39, 0.29) is 24.0 Å². The molecule has 1 aromatic heterocycles. The zero-order valence-electron chi connectivity index (χ0n) is 13.3. The number of hydrogen-bond acceptors (Lipinski definition) is 4. The molecule has 0 unspecified atom stereocenters. The number of fused-ring (bicyclic) bond motifs is 1. The first-order chi connectivity index (χ1) is 11.2. The van der Waals surface area contributed by atoms with Gasteiger partial charge in [-0.1, -0.05) is 25.1 Å². The average Bonchev–Trinajstić information content (AvgIpc) is 3.21. The molecule has 1 aliphatic heterocycles. The van der Waals surface area contributed by atoms with Gasteiger partial charge in [0.15, 0.2) is 0 Å². The number of benzene rings is 1. The average molecular weight is 331 g/mol. The van der Waals surface area contributed by atoms with Crippen LogP contribution >= 0.6 is 11.3 Å². The monoisotopic (exact) mass is 331 g/mol. The van der Waals surface area contributed by atoms with Crippen molar-refractivity contribution in [3.05, 3.63) is 46.4 Å². The van der Waals surface area contributed by atoms with E-state index in [9.17, 15) is 4.79 Å². The summed E-state index contributed by atoms with van der Waals surface area (Å²) in [6.07, 6.45) is 2.57. The number of nitrogens with zero attached hydrogens (tertiary/aromatic N) is 1. The second-order valence-electron chi connectivity index (χ2n) is 5.69. The Hall–Kier alpha value is -2.08. The molecule has 0 aliphatic carbocycles. The number of rotatable bonds is 5. The summed E-state index contributed by atoms with van der Waals surface area (Å²) >= 11 is 1.56. The third-order valence-electron chi connectivity index (χ3n) is 4.16. The SMILES string of the molecule is CC[C@H](NC(=O)N[C@H](C)[C@@H]1COc2ccccc21)c1nccs1. The van der Waals surface area contributed by atoms with Crippen molar-refractivity contribution >= 4 is 17.4 Å². The van der Waals surface area contributed by atoms with Crippen LogP contribution in [0.1, 0.15) is 42.8 Å². The third kappa shape index (κ3) is 3.47. The summed E-state index contributed by atoms with van der Waals surface area (Å²) in [4.78, 5) is 16.6. The molecule has 23 heavy (non-hydrogen) atoms. The number of amides is 2. The van der Waals surface area contributed by atoms with Crippen molar-refractivity contribution in [1.29, 1.82) is 0 Å². The van der Waals surface area contributed by atoms with Crippen LogP contribution in [0.4, 0.5) is 4.79 Å². The molecule has 3 atom stereocenters. The first-order valence-corrected chi connectivity index (χ1v) is 8.75. The molecule has 1 aliphatic rings. The molecule has 122 valence electrons. The van der Waals surface area contributed by atoms with Crippen LogP contribution in [0.2, 0.25) is 0 Å². The van der Waals surface area contributed by atoms with Crippen LogP contribution in [0.3, 0.4) is 0 Å². The number of carbonyl (C=O) groups excluding carboxylic acids is 1. The molecule has 0 bridgehead atoms. The van der Waals surface area contributed by atoms with Crippen molar-refractivity contribution in [3.8, 4) is 5.75 Å². The zero-order valence-corrected chi connectivity index (χ0v) is 14.1. The van der Waals surface area contributed by atoms with Gasteiger partial charge in [0, 0.05) is 29.1 Å². The van der Waals surface area contributed by atoms with Gasteiger partial charge in [0.1, 0.15) is 10.8 Å². The minimum atomic E-state index is -0.163. The Morgan fingerprint density at radius 2 is 2.26 bits per heavy atom. The number of urea groups is 1. The highest BCUT2D eigenvalue weighted by Gasteiger charge is 2.29. The Morgan fingerprint density at radius 1 is 1.43 bits per heavy atom. The molecule has 2 N–H and O–H groups in total. The van der Waals surface area contributed by atoms with Crippen LogP contribution in [-0.2, 0) is 0 Å². The van der Waals surface area contributed by atoms with Gasteiger partial charge < -0.3 is 15.4 Å². The Labute approximate surface area is 140 Å². The van der Waals surface area contributed by atoms with E-state index in [1.165, 1.54) is 0 Å². The maximum absolute atomic E-state index is 12.3. The summed E-state index contributed by atoms with van der Waals surface area (Å²) in [6, 6.07) is 7.78. The van der Waals surface area contributed by atoms with Gasteiger partial charge in [-0.05, 0) is 19.4 Å². The summed E-state index contributed by atoms with van der Waals surface area (Å²) in [6.45, 7) is 4.65. The van der Waals surface area contributed by atoms with Gasteiger partial charge in [-0.15, -0.1) is 11.3 Å². The predicted molar refractivity (Wildman–Crippen MR) is 91.0 cm³/mol. The molecule has 1 aromatic carbocycles. The van der Waals surface area contributed by atoms with Crippen LogP contribution in [-0.4, -0.2) is 23.7 Å². The maximum atomic E-state index is 12.3. The Bertz CT molecular complexity index is 660. The van der Waals surface area contributed by atoms with Crippen molar-refractivity contribution in [2.45, 2.75) is 38.3 Å². The van der Waals surface area contributed by atoms with Gasteiger partial charge in [0.2, 0.25) is 0 Å². The molecule has 0 fully saturated rings. The fourth-order valence-electron chi connectivity index (χ4n) is 2.85. The van der Waals surface area contributed by atoms with E-state index >= 15 is 0 Å². The second-order valence-corrected chi connectivity index (χ2v) is 6.62. The highest BCUT2D eigenvalue weighted by atomic mass is 32.1. The van der Waals surface area contributed by atoms with Crippen molar-refractivity contribution in [3.63, 3.8) is 0 Å². The number of para-hydroxylation sites is 1. The fourth-order valence-corrected chi connectivity index (χ4v) is 3.63. The molecule has 2 aromatic rings. The van der Waals surface area contributed by atoms with E-state index < -0.39 is 0 Å². The Kier molecular flexibility index (Phi) is 4.81. The van der Waals surface area contributed by atoms with Crippen molar-refractivity contribution in [2.24, 2.45) is 0 Å². The highest BCUT2D eigenvalue weighted by Crippen LogP contribution is 2.35. The molecule has 6 heteroatoms. The molecule has 0 spiro atoms. The smallest absolute Gasteiger partial charge is 0.315 e. The normalized spacial score (nSPS) is 18.6. The lowest BCUT2D eigenvalue weighted by atomic mass is 9.94. The van der Waals surface area contributed by atoms with Gasteiger partial charge in [0.25, 0.3) is 0 Å². The number of nitrogens with one attached hydrogen (secondary N) is 2. The lowest BCUT2D eigenvalue weighted by Gasteiger charge is -2.22. The van der Waals surface area contributed by atoms with Crippen molar-refractivity contribution in [2.75, 3.05) is 6.61 Å². The number of carbonyl (C=O) groups is 1. The summed E-state index contributed by atoms with van der Waals surface area (Å²) in [5.74, 6) is 1.10. The van der Waals surface area contributed by atoms with Gasteiger partial charge in [0.05, 0.1) is 12.6 Å². The summed E-state index contributed by atoms with van der Waals surface area (Å²) in [7, 11) is 0. The largest absolute Gasteiger partial charge is 0.493 e. The number of ether oxygens (including phenoxy) is 1. The summed E-state index contributed by atoms with van der Waals surface area (Å²) in [5, 5.41) is 8.90. The van der Waals surface area contributed by atoms with Crippen LogP contribution in [0.5, 0.6) is 5.75 Å². The minimum Gasteiger partial charge on any atom is -0.493 e. The van der Waals surface area contributed by atoms with E-state index in [0.717, 1.165) is 22.7 Å². The van der Waals surface area contributed by atoms with Gasteiger partial charge >= 0.3 is 6.03 Å². The standard InChI is InChI=1S/C17H21N3O2S/c1-3-14(16-18-8-9-23-16)20-17(21)19-11(2)13-10-22-15-7-5-4-6-12(13)15/h4-9,11,13-14H,3,10H2,1-2H3,(H2,19,20,21)/t11-,13+,14+/m1/s1. The third-order valence-corrected chi connectivity index (χ3v) is 5.05. The Morgan fingerprint density at radius 3 is 3.00 bits per heavy atom. The van der Waals surface area contributed by atoms with Crippen molar-refractivity contribution in [1.82, 2.24) is 15.6 Å². The van der Waals surface area contributed by atoms with E-state index in [2.05, 4.69) is 21.7 Å². The fraction of sp³-hybridized carbons (Fsp3) is 0.412. The molecular formula is C17H21N3O2S. The molecule has 0 radical (unpaired) electrons. The van der Waals surface area contributed by atoms with Crippen LogP contribution in [0.25, 0.3) is 0 Å². The predicted octanol–water partition coefficient (Wildman–Crippen LogP) is 3.46. The van der Waals surface area contributed by atoms with E-state index in [4.69, 9.17) is 4.74 Å². The Balaban J connectivity index is 1.60. The lowest BCUT2D eigenvalue weighted by Crippen LogP contribution is -2.44. The molecule has 3 rings (SSSR count). The zero-order chi connectivity index (χ0) is 16.2. The van der Waals surface area contributed by atoms with E-state index in [1.54, 1.807) is 17.5 Å². The summed E-state index contributed by atoms with van der Waals surface area (Å²) < 4.78 is 5.69. The number of hydrogen-bond donors (Lipinski definition) is 2. The molecule has 0 saturated heterocycles. The van der Waals surface area contributed by atoms with Gasteiger partial charge in [-0.3, -0.25) is 0 Å². The molecule has 2 heterocycles. The van der Waals surface area contributed by atoms with E-state index in [0.29, 0.717) is 6.61 Å². The molecule has 0 saturated carbocycles. The van der Waals surface area contributed by atoms with Crippen LogP contribution in [0, 0.1) is 0 Å². The first-order valence-electron chi connectivity index (χ1n) is 7.87. The molecule has 2 amide bonds. The number of aromatic nitrogens is 1. The topological polar surface area (TPSA) is 63.2 Å². The van der Waals surface area contributed by atoms with Crippen LogP contribution < -0.4 is 15.4 Å². The maximum Gasteiger partial charge on any atom is 0.315 e. The molecule has 5 nitrogen and oxygen atoms in total. The van der Waals surface area contributed by atoms with Crippen LogP contribution in [0.15, 0.2) is 35.8 Å². The van der Waals surface area contributed by atoms with Gasteiger partial charge in [-0.25, -0.2) is 9.78 Å². The van der Waals surface area contributed by atoms with E-state index in [1.807, 2.05) is 37.4 Å². The highest BCUT2D eigenvalue weighted by molar-refractivity contribution is 7.09. The quantitative estimate of drug-likeness (QED) is 0.882.